The molecule has 0 spiro atoms. The first-order chi connectivity index (χ1) is 11.5. The number of rotatable bonds is 4. The molecule has 0 N–H and O–H groups in total. The fraction of sp³-hybridized carbons (Fsp3) is 0.471. The van der Waals surface area contributed by atoms with Crippen molar-refractivity contribution >= 4 is 33.5 Å². The number of hydrogen-bond acceptors (Lipinski definition) is 6. The molecule has 128 valence electrons. The van der Waals surface area contributed by atoms with Crippen LogP contribution in [0, 0.1) is 6.92 Å². The van der Waals surface area contributed by atoms with Crippen LogP contribution in [-0.2, 0) is 0 Å². The van der Waals surface area contributed by atoms with E-state index in [0.717, 1.165) is 47.3 Å². The van der Waals surface area contributed by atoms with Crippen LogP contribution in [0.4, 0.5) is 17.6 Å². The van der Waals surface area contributed by atoms with Gasteiger partial charge in [-0.25, -0.2) is 9.97 Å². The van der Waals surface area contributed by atoms with Crippen molar-refractivity contribution < 1.29 is 0 Å². The lowest BCUT2D eigenvalue weighted by molar-refractivity contribution is 0.673. The molecule has 0 bridgehead atoms. The van der Waals surface area contributed by atoms with E-state index in [9.17, 15) is 0 Å². The third-order valence-electron chi connectivity index (χ3n) is 4.44. The normalized spacial score (nSPS) is 17.2. The van der Waals surface area contributed by atoms with E-state index in [2.05, 4.69) is 59.9 Å². The zero-order valence-corrected chi connectivity index (χ0v) is 16.2. The summed E-state index contributed by atoms with van der Waals surface area (Å²) in [6.45, 7) is 3.95. The van der Waals surface area contributed by atoms with Crippen LogP contribution in [0.5, 0.6) is 0 Å². The maximum Gasteiger partial charge on any atom is 0.227 e. The molecule has 1 saturated heterocycles. The highest BCUT2D eigenvalue weighted by atomic mass is 79.9. The van der Waals surface area contributed by atoms with Gasteiger partial charge in [-0.15, -0.1) is 0 Å². The van der Waals surface area contributed by atoms with E-state index >= 15 is 0 Å². The van der Waals surface area contributed by atoms with Crippen molar-refractivity contribution in [1.82, 2.24) is 15.0 Å². The molecule has 0 aromatic carbocycles. The fourth-order valence-electron chi connectivity index (χ4n) is 2.89. The summed E-state index contributed by atoms with van der Waals surface area (Å²) in [6, 6.07) is 6.45. The number of aryl methyl sites for hydroxylation is 1. The highest BCUT2D eigenvalue weighted by molar-refractivity contribution is 9.10. The lowest BCUT2D eigenvalue weighted by atomic mass is 10.2. The Morgan fingerprint density at radius 2 is 1.96 bits per heavy atom. The average Bonchev–Trinajstić information content (AvgIpc) is 3.06. The van der Waals surface area contributed by atoms with E-state index in [1.165, 1.54) is 0 Å². The predicted octanol–water partition coefficient (Wildman–Crippen LogP) is 2.72. The van der Waals surface area contributed by atoms with Crippen molar-refractivity contribution in [3.05, 3.63) is 34.6 Å². The van der Waals surface area contributed by atoms with E-state index in [1.54, 1.807) is 0 Å². The van der Waals surface area contributed by atoms with E-state index in [0.29, 0.717) is 6.04 Å². The molecule has 0 aliphatic carbocycles. The number of halogens is 1. The van der Waals surface area contributed by atoms with Gasteiger partial charge in [0.25, 0.3) is 0 Å². The molecule has 0 saturated carbocycles. The van der Waals surface area contributed by atoms with Gasteiger partial charge in [0.2, 0.25) is 5.95 Å². The summed E-state index contributed by atoms with van der Waals surface area (Å²) >= 11 is 3.51. The Morgan fingerprint density at radius 1 is 1.17 bits per heavy atom. The second kappa shape index (κ2) is 6.93. The Morgan fingerprint density at radius 3 is 2.67 bits per heavy atom. The number of anilines is 3. The van der Waals surface area contributed by atoms with Gasteiger partial charge in [0.1, 0.15) is 11.6 Å². The maximum absolute atomic E-state index is 4.68. The van der Waals surface area contributed by atoms with Crippen LogP contribution in [0.3, 0.4) is 0 Å². The lowest BCUT2D eigenvalue weighted by Crippen LogP contribution is -2.36. The standard InChI is InChI=1S/C17H23BrN6/c1-12-14(18)5-6-16(20-12)24-10-8-13(11-24)23(4)17-19-9-7-15(21-17)22(2)3/h5-7,9,13H,8,10-11H2,1-4H3. The van der Waals surface area contributed by atoms with Crippen molar-refractivity contribution in [3.8, 4) is 0 Å². The van der Waals surface area contributed by atoms with E-state index in [4.69, 9.17) is 0 Å². The van der Waals surface area contributed by atoms with Crippen LogP contribution < -0.4 is 14.7 Å². The number of aromatic nitrogens is 3. The fourth-order valence-corrected chi connectivity index (χ4v) is 3.12. The Labute approximate surface area is 151 Å². The summed E-state index contributed by atoms with van der Waals surface area (Å²) in [5.74, 6) is 2.73. The number of pyridine rings is 1. The van der Waals surface area contributed by atoms with Crippen molar-refractivity contribution in [3.63, 3.8) is 0 Å². The minimum atomic E-state index is 0.383. The molecule has 6 nitrogen and oxygen atoms in total. The van der Waals surface area contributed by atoms with Crippen molar-refractivity contribution in [1.29, 1.82) is 0 Å². The first-order valence-corrected chi connectivity index (χ1v) is 8.86. The van der Waals surface area contributed by atoms with Gasteiger partial charge in [-0.05, 0) is 47.5 Å². The third kappa shape index (κ3) is 3.45. The highest BCUT2D eigenvalue weighted by Gasteiger charge is 2.28. The molecule has 3 heterocycles. The van der Waals surface area contributed by atoms with E-state index in [-0.39, 0.29) is 0 Å². The van der Waals surface area contributed by atoms with Crippen LogP contribution in [-0.4, -0.2) is 55.2 Å². The summed E-state index contributed by atoms with van der Waals surface area (Å²) in [5.41, 5.74) is 1.02. The summed E-state index contributed by atoms with van der Waals surface area (Å²) in [7, 11) is 6.05. The molecule has 2 aromatic heterocycles. The van der Waals surface area contributed by atoms with Gasteiger partial charge in [0, 0.05) is 44.9 Å². The number of nitrogens with zero attached hydrogens (tertiary/aromatic N) is 6. The molecular formula is C17H23BrN6. The topological polar surface area (TPSA) is 48.4 Å². The van der Waals surface area contributed by atoms with Crippen LogP contribution in [0.2, 0.25) is 0 Å². The molecule has 1 fully saturated rings. The van der Waals surface area contributed by atoms with Crippen LogP contribution in [0.15, 0.2) is 28.9 Å². The quantitative estimate of drug-likeness (QED) is 0.799. The second-order valence-corrected chi connectivity index (χ2v) is 7.20. The van der Waals surface area contributed by atoms with E-state index in [1.807, 2.05) is 38.2 Å². The molecule has 1 unspecified atom stereocenters. The van der Waals surface area contributed by atoms with Crippen molar-refractivity contribution in [2.45, 2.75) is 19.4 Å². The van der Waals surface area contributed by atoms with Gasteiger partial charge >= 0.3 is 0 Å². The first-order valence-electron chi connectivity index (χ1n) is 8.07. The summed E-state index contributed by atoms with van der Waals surface area (Å²) in [5, 5.41) is 0. The Bertz CT molecular complexity index is 720. The highest BCUT2D eigenvalue weighted by Crippen LogP contribution is 2.25. The van der Waals surface area contributed by atoms with E-state index < -0.39 is 0 Å². The summed E-state index contributed by atoms with van der Waals surface area (Å²) in [4.78, 5) is 20.3. The molecule has 1 aliphatic rings. The number of hydrogen-bond donors (Lipinski definition) is 0. The van der Waals surface area contributed by atoms with Crippen LogP contribution in [0.1, 0.15) is 12.1 Å². The monoisotopic (exact) mass is 390 g/mol. The zero-order valence-electron chi connectivity index (χ0n) is 14.6. The average molecular weight is 391 g/mol. The second-order valence-electron chi connectivity index (χ2n) is 6.35. The molecule has 7 heteroatoms. The molecule has 24 heavy (non-hydrogen) atoms. The SMILES string of the molecule is Cc1nc(N2CCC(N(C)c3nccc(N(C)C)n3)C2)ccc1Br. The van der Waals surface area contributed by atoms with Gasteiger partial charge < -0.3 is 14.7 Å². The van der Waals surface area contributed by atoms with Gasteiger partial charge in [0.05, 0.1) is 11.7 Å². The summed E-state index contributed by atoms with van der Waals surface area (Å²) in [6.07, 6.45) is 2.89. The first kappa shape index (κ1) is 17.0. The van der Waals surface area contributed by atoms with Gasteiger partial charge in [-0.1, -0.05) is 0 Å². The minimum Gasteiger partial charge on any atom is -0.363 e. The Hall–Kier alpha value is -1.89. The zero-order chi connectivity index (χ0) is 17.3. The Balaban J connectivity index is 1.72. The largest absolute Gasteiger partial charge is 0.363 e. The predicted molar refractivity (Wildman–Crippen MR) is 102 cm³/mol. The Kier molecular flexibility index (Phi) is 4.89. The van der Waals surface area contributed by atoms with Gasteiger partial charge in [0.15, 0.2) is 0 Å². The molecule has 0 amide bonds. The summed E-state index contributed by atoms with van der Waals surface area (Å²) < 4.78 is 1.05. The molecule has 3 rings (SSSR count). The molecule has 0 radical (unpaired) electrons. The molecule has 2 aromatic rings. The smallest absolute Gasteiger partial charge is 0.227 e. The molecule has 1 aliphatic heterocycles. The van der Waals surface area contributed by atoms with Crippen LogP contribution in [0.25, 0.3) is 0 Å². The van der Waals surface area contributed by atoms with Crippen molar-refractivity contribution in [2.24, 2.45) is 0 Å². The van der Waals surface area contributed by atoms with Gasteiger partial charge in [-0.3, -0.25) is 0 Å². The third-order valence-corrected chi connectivity index (χ3v) is 5.28. The lowest BCUT2D eigenvalue weighted by Gasteiger charge is -2.26. The maximum atomic E-state index is 4.68. The van der Waals surface area contributed by atoms with Gasteiger partial charge in [-0.2, -0.15) is 4.98 Å². The molecule has 1 atom stereocenters. The molecular weight excluding hydrogens is 368 g/mol. The van der Waals surface area contributed by atoms with Crippen LogP contribution >= 0.6 is 15.9 Å². The minimum absolute atomic E-state index is 0.383. The number of likely N-dealkylation sites (N-methyl/N-ethyl adjacent to an activating group) is 1. The van der Waals surface area contributed by atoms with Crippen molar-refractivity contribution in [2.75, 3.05) is 48.9 Å².